The van der Waals surface area contributed by atoms with Gasteiger partial charge in [0, 0.05) is 16.6 Å². The first-order chi connectivity index (χ1) is 9.65. The van der Waals surface area contributed by atoms with Gasteiger partial charge < -0.3 is 15.2 Å². The van der Waals surface area contributed by atoms with Crippen LogP contribution in [0.1, 0.15) is 11.7 Å². The van der Waals surface area contributed by atoms with Crippen molar-refractivity contribution in [3.63, 3.8) is 0 Å². The van der Waals surface area contributed by atoms with E-state index >= 15 is 0 Å². The van der Waals surface area contributed by atoms with E-state index < -0.39 is 0 Å². The largest absolute Gasteiger partial charge is 0.497 e. The lowest BCUT2D eigenvalue weighted by molar-refractivity contribution is 0.212. The molecule has 2 N–H and O–H groups in total. The molecule has 0 amide bonds. The lowest BCUT2D eigenvalue weighted by atomic mass is 10.1. The molecule has 0 aromatic heterocycles. The number of methoxy groups -OCH3 is 1. The Hall–Kier alpha value is -1.04. The molecule has 2 aromatic rings. The third kappa shape index (κ3) is 3.53. The Kier molecular flexibility index (Phi) is 5.46. The van der Waals surface area contributed by atoms with Crippen LogP contribution in [-0.4, -0.2) is 13.7 Å². The summed E-state index contributed by atoms with van der Waals surface area (Å²) < 4.78 is 13.0. The fraction of sp³-hybridized carbons (Fsp3) is 0.200. The van der Waals surface area contributed by atoms with Crippen LogP contribution in [0.5, 0.6) is 11.5 Å². The highest BCUT2D eigenvalue weighted by molar-refractivity contribution is 9.10. The Labute approximate surface area is 135 Å². The van der Waals surface area contributed by atoms with Crippen molar-refractivity contribution >= 4 is 31.9 Å². The Bertz CT molecular complexity index is 590. The number of benzene rings is 2. The third-order valence-electron chi connectivity index (χ3n) is 2.87. The van der Waals surface area contributed by atoms with Crippen LogP contribution in [0.2, 0.25) is 0 Å². The topological polar surface area (TPSA) is 44.5 Å². The molecule has 0 radical (unpaired) electrons. The van der Waals surface area contributed by atoms with Crippen molar-refractivity contribution in [2.75, 3.05) is 13.7 Å². The molecule has 0 saturated carbocycles. The number of nitrogens with two attached hydrogens (primary N) is 1. The van der Waals surface area contributed by atoms with Crippen LogP contribution in [0.25, 0.3) is 0 Å². The standard InChI is InChI=1S/C15H15Br2NO2/c1-19-10-6-7-14(13(17)8-10)20-15(9-18)11-4-2-3-5-12(11)16/h2-8,15H,9,18H2,1H3. The summed E-state index contributed by atoms with van der Waals surface area (Å²) in [7, 11) is 1.63. The van der Waals surface area contributed by atoms with E-state index in [2.05, 4.69) is 31.9 Å². The van der Waals surface area contributed by atoms with E-state index in [1.807, 2.05) is 42.5 Å². The molecule has 0 saturated heterocycles. The van der Waals surface area contributed by atoms with Crippen LogP contribution in [0, 0.1) is 0 Å². The first-order valence-electron chi connectivity index (χ1n) is 6.10. The number of rotatable bonds is 5. The summed E-state index contributed by atoms with van der Waals surface area (Å²) in [5.41, 5.74) is 6.87. The Balaban J connectivity index is 2.25. The maximum atomic E-state index is 6.00. The van der Waals surface area contributed by atoms with Crippen molar-refractivity contribution in [2.24, 2.45) is 5.73 Å². The highest BCUT2D eigenvalue weighted by Gasteiger charge is 2.16. The molecule has 3 nitrogen and oxygen atoms in total. The number of halogens is 2. The highest BCUT2D eigenvalue weighted by atomic mass is 79.9. The van der Waals surface area contributed by atoms with Gasteiger partial charge in [-0.2, -0.15) is 0 Å². The molecule has 5 heteroatoms. The maximum absolute atomic E-state index is 6.00. The first kappa shape index (κ1) is 15.4. The van der Waals surface area contributed by atoms with E-state index in [1.165, 1.54) is 0 Å². The van der Waals surface area contributed by atoms with Crippen LogP contribution < -0.4 is 15.2 Å². The smallest absolute Gasteiger partial charge is 0.137 e. The van der Waals surface area contributed by atoms with Gasteiger partial charge in [0.15, 0.2) is 0 Å². The van der Waals surface area contributed by atoms with Gasteiger partial charge in [-0.25, -0.2) is 0 Å². The van der Waals surface area contributed by atoms with Crippen LogP contribution in [-0.2, 0) is 0 Å². The third-order valence-corrected chi connectivity index (χ3v) is 4.22. The molecule has 0 aliphatic carbocycles. The second-order valence-electron chi connectivity index (χ2n) is 4.16. The van der Waals surface area contributed by atoms with Crippen molar-refractivity contribution < 1.29 is 9.47 Å². The van der Waals surface area contributed by atoms with Gasteiger partial charge >= 0.3 is 0 Å². The molecule has 20 heavy (non-hydrogen) atoms. The summed E-state index contributed by atoms with van der Waals surface area (Å²) in [4.78, 5) is 0. The zero-order valence-corrected chi connectivity index (χ0v) is 14.1. The summed E-state index contributed by atoms with van der Waals surface area (Å²) in [5, 5.41) is 0. The van der Waals surface area contributed by atoms with Crippen molar-refractivity contribution in [3.05, 3.63) is 57.0 Å². The van der Waals surface area contributed by atoms with E-state index in [4.69, 9.17) is 15.2 Å². The van der Waals surface area contributed by atoms with E-state index in [-0.39, 0.29) is 6.10 Å². The van der Waals surface area contributed by atoms with Crippen molar-refractivity contribution in [2.45, 2.75) is 6.10 Å². The second kappa shape index (κ2) is 7.11. The molecule has 2 aromatic carbocycles. The minimum atomic E-state index is -0.213. The van der Waals surface area contributed by atoms with Crippen LogP contribution in [0.15, 0.2) is 51.4 Å². The summed E-state index contributed by atoms with van der Waals surface area (Å²) in [5.74, 6) is 1.51. The zero-order chi connectivity index (χ0) is 14.5. The van der Waals surface area contributed by atoms with E-state index in [9.17, 15) is 0 Å². The molecule has 0 aliphatic rings. The normalized spacial score (nSPS) is 12.0. The number of hydrogen-bond acceptors (Lipinski definition) is 3. The number of hydrogen-bond donors (Lipinski definition) is 1. The molecular weight excluding hydrogens is 386 g/mol. The molecule has 0 fully saturated rings. The Morgan fingerprint density at radius 3 is 2.45 bits per heavy atom. The van der Waals surface area contributed by atoms with Crippen LogP contribution in [0.3, 0.4) is 0 Å². The van der Waals surface area contributed by atoms with Gasteiger partial charge in [-0.1, -0.05) is 34.1 Å². The van der Waals surface area contributed by atoms with Crippen molar-refractivity contribution in [3.8, 4) is 11.5 Å². The lowest BCUT2D eigenvalue weighted by Gasteiger charge is -2.20. The minimum Gasteiger partial charge on any atom is -0.497 e. The SMILES string of the molecule is COc1ccc(OC(CN)c2ccccc2Br)c(Br)c1. The molecule has 106 valence electrons. The zero-order valence-electron chi connectivity index (χ0n) is 11.0. The predicted octanol–water partition coefficient (Wildman–Crippen LogP) is 4.30. The highest BCUT2D eigenvalue weighted by Crippen LogP contribution is 2.33. The molecular formula is C15H15Br2NO2. The van der Waals surface area contributed by atoms with Gasteiger partial charge in [0.05, 0.1) is 11.6 Å². The van der Waals surface area contributed by atoms with Crippen molar-refractivity contribution in [1.82, 2.24) is 0 Å². The fourth-order valence-corrected chi connectivity index (χ4v) is 2.82. The molecule has 0 heterocycles. The van der Waals surface area contributed by atoms with Gasteiger partial charge in [0.25, 0.3) is 0 Å². The van der Waals surface area contributed by atoms with E-state index in [0.717, 1.165) is 26.0 Å². The maximum Gasteiger partial charge on any atom is 0.137 e. The summed E-state index contributed by atoms with van der Waals surface area (Å²) in [6.07, 6.45) is -0.213. The quantitative estimate of drug-likeness (QED) is 0.813. The summed E-state index contributed by atoms with van der Waals surface area (Å²) >= 11 is 7.00. The average Bonchev–Trinajstić information content (AvgIpc) is 2.47. The van der Waals surface area contributed by atoms with Gasteiger partial charge in [0.1, 0.15) is 17.6 Å². The van der Waals surface area contributed by atoms with Gasteiger partial charge in [0.2, 0.25) is 0 Å². The molecule has 0 aliphatic heterocycles. The predicted molar refractivity (Wildman–Crippen MR) is 87.3 cm³/mol. The monoisotopic (exact) mass is 399 g/mol. The Morgan fingerprint density at radius 1 is 1.10 bits per heavy atom. The minimum absolute atomic E-state index is 0.213. The lowest BCUT2D eigenvalue weighted by Crippen LogP contribution is -2.19. The molecule has 0 bridgehead atoms. The van der Waals surface area contributed by atoms with Crippen LogP contribution >= 0.6 is 31.9 Å². The molecule has 1 unspecified atom stereocenters. The average molecular weight is 401 g/mol. The van der Waals surface area contributed by atoms with Gasteiger partial charge in [-0.3, -0.25) is 0 Å². The van der Waals surface area contributed by atoms with Gasteiger partial charge in [-0.05, 0) is 40.2 Å². The number of ether oxygens (including phenoxy) is 2. The first-order valence-corrected chi connectivity index (χ1v) is 7.69. The fourth-order valence-electron chi connectivity index (χ4n) is 1.83. The molecule has 2 rings (SSSR count). The second-order valence-corrected chi connectivity index (χ2v) is 5.87. The van der Waals surface area contributed by atoms with Gasteiger partial charge in [-0.15, -0.1) is 0 Å². The summed E-state index contributed by atoms with van der Waals surface area (Å²) in [6, 6.07) is 13.5. The summed E-state index contributed by atoms with van der Waals surface area (Å²) in [6.45, 7) is 0.390. The van der Waals surface area contributed by atoms with E-state index in [1.54, 1.807) is 7.11 Å². The van der Waals surface area contributed by atoms with Crippen molar-refractivity contribution in [1.29, 1.82) is 0 Å². The molecule has 0 spiro atoms. The molecule has 1 atom stereocenters. The van der Waals surface area contributed by atoms with Crippen LogP contribution in [0.4, 0.5) is 0 Å². The van der Waals surface area contributed by atoms with E-state index in [0.29, 0.717) is 6.54 Å². The Morgan fingerprint density at radius 2 is 1.85 bits per heavy atom.